The standard InChI is InChI=1S/C15H25N3O2/c1-11(2)10-20-7-3-6-17-15(19)14-8-12(16)9-18(14)13-4-5-13/h8-9,11,13H,3-7,10,16H2,1-2H3,(H,17,19). The second-order valence-electron chi connectivity index (χ2n) is 5.88. The Morgan fingerprint density at radius 1 is 1.55 bits per heavy atom. The molecule has 1 aromatic rings. The lowest BCUT2D eigenvalue weighted by Gasteiger charge is -2.09. The van der Waals surface area contributed by atoms with Crippen molar-refractivity contribution in [1.29, 1.82) is 0 Å². The quantitative estimate of drug-likeness (QED) is 0.717. The number of hydrogen-bond donors (Lipinski definition) is 2. The zero-order valence-electron chi connectivity index (χ0n) is 12.4. The number of anilines is 1. The van der Waals surface area contributed by atoms with Gasteiger partial charge in [-0.2, -0.15) is 0 Å². The molecule has 5 heteroatoms. The van der Waals surface area contributed by atoms with Crippen LogP contribution in [-0.4, -0.2) is 30.2 Å². The summed E-state index contributed by atoms with van der Waals surface area (Å²) >= 11 is 0. The molecule has 3 N–H and O–H groups in total. The number of hydrogen-bond acceptors (Lipinski definition) is 3. The zero-order valence-corrected chi connectivity index (χ0v) is 12.4. The van der Waals surface area contributed by atoms with Gasteiger partial charge < -0.3 is 20.4 Å². The maximum atomic E-state index is 12.1. The van der Waals surface area contributed by atoms with E-state index in [0.717, 1.165) is 25.9 Å². The van der Waals surface area contributed by atoms with Crippen LogP contribution >= 0.6 is 0 Å². The molecule has 2 rings (SSSR count). The van der Waals surface area contributed by atoms with Gasteiger partial charge in [0.1, 0.15) is 5.69 Å². The molecular formula is C15H25N3O2. The highest BCUT2D eigenvalue weighted by Gasteiger charge is 2.27. The molecule has 112 valence electrons. The topological polar surface area (TPSA) is 69.3 Å². The van der Waals surface area contributed by atoms with Crippen LogP contribution in [0.15, 0.2) is 12.3 Å². The van der Waals surface area contributed by atoms with Crippen LogP contribution in [0.25, 0.3) is 0 Å². The third kappa shape index (κ3) is 4.27. The van der Waals surface area contributed by atoms with Gasteiger partial charge in [0.25, 0.3) is 5.91 Å². The summed E-state index contributed by atoms with van der Waals surface area (Å²) in [4.78, 5) is 12.1. The first-order chi connectivity index (χ1) is 9.58. The molecule has 1 amide bonds. The van der Waals surface area contributed by atoms with Gasteiger partial charge in [-0.3, -0.25) is 4.79 Å². The number of nitrogens with two attached hydrogens (primary N) is 1. The number of nitrogens with zero attached hydrogens (tertiary/aromatic N) is 1. The summed E-state index contributed by atoms with van der Waals surface area (Å²) in [6.07, 6.45) is 4.96. The van der Waals surface area contributed by atoms with Crippen molar-refractivity contribution in [3.63, 3.8) is 0 Å². The monoisotopic (exact) mass is 279 g/mol. The molecule has 20 heavy (non-hydrogen) atoms. The maximum absolute atomic E-state index is 12.1. The van der Waals surface area contributed by atoms with Gasteiger partial charge in [-0.15, -0.1) is 0 Å². The van der Waals surface area contributed by atoms with Gasteiger partial charge in [0.15, 0.2) is 0 Å². The third-order valence-electron chi connectivity index (χ3n) is 3.24. The molecule has 0 spiro atoms. The van der Waals surface area contributed by atoms with Crippen molar-refractivity contribution < 1.29 is 9.53 Å². The van der Waals surface area contributed by atoms with Gasteiger partial charge in [-0.1, -0.05) is 13.8 Å². The summed E-state index contributed by atoms with van der Waals surface area (Å²) in [5, 5.41) is 2.93. The zero-order chi connectivity index (χ0) is 14.5. The van der Waals surface area contributed by atoms with E-state index in [2.05, 4.69) is 19.2 Å². The van der Waals surface area contributed by atoms with E-state index in [4.69, 9.17) is 10.5 Å². The molecule has 0 atom stereocenters. The third-order valence-corrected chi connectivity index (χ3v) is 3.24. The first-order valence-electron chi connectivity index (χ1n) is 7.41. The van der Waals surface area contributed by atoms with Crippen LogP contribution in [0.1, 0.15) is 49.6 Å². The summed E-state index contributed by atoms with van der Waals surface area (Å²) in [6, 6.07) is 2.21. The number of amides is 1. The maximum Gasteiger partial charge on any atom is 0.267 e. The van der Waals surface area contributed by atoms with Crippen molar-refractivity contribution >= 4 is 11.6 Å². The van der Waals surface area contributed by atoms with E-state index < -0.39 is 0 Å². The molecule has 0 radical (unpaired) electrons. The number of rotatable bonds is 8. The molecule has 0 unspecified atom stereocenters. The average Bonchev–Trinajstić information content (AvgIpc) is 3.16. The highest BCUT2D eigenvalue weighted by molar-refractivity contribution is 5.93. The van der Waals surface area contributed by atoms with Gasteiger partial charge in [0, 0.05) is 32.0 Å². The first-order valence-corrected chi connectivity index (χ1v) is 7.41. The minimum Gasteiger partial charge on any atom is -0.397 e. The summed E-state index contributed by atoms with van der Waals surface area (Å²) in [6.45, 7) is 6.34. The molecular weight excluding hydrogens is 254 g/mol. The van der Waals surface area contributed by atoms with Crippen molar-refractivity contribution in [2.45, 2.75) is 39.2 Å². The van der Waals surface area contributed by atoms with E-state index >= 15 is 0 Å². The van der Waals surface area contributed by atoms with E-state index in [1.54, 1.807) is 6.07 Å². The Balaban J connectivity index is 1.72. The largest absolute Gasteiger partial charge is 0.397 e. The number of aromatic nitrogens is 1. The lowest BCUT2D eigenvalue weighted by molar-refractivity contribution is 0.0916. The smallest absolute Gasteiger partial charge is 0.267 e. The molecule has 1 saturated carbocycles. The van der Waals surface area contributed by atoms with Crippen LogP contribution in [0.3, 0.4) is 0 Å². The Kier molecular flexibility index (Phi) is 5.06. The van der Waals surface area contributed by atoms with Crippen molar-refractivity contribution in [3.8, 4) is 0 Å². The van der Waals surface area contributed by atoms with Crippen LogP contribution in [0, 0.1) is 5.92 Å². The number of carbonyl (C=O) groups excluding carboxylic acids is 1. The Hall–Kier alpha value is -1.49. The summed E-state index contributed by atoms with van der Waals surface area (Å²) in [5.74, 6) is 0.506. The van der Waals surface area contributed by atoms with Crippen LogP contribution in [0.5, 0.6) is 0 Å². The van der Waals surface area contributed by atoms with E-state index in [0.29, 0.717) is 36.5 Å². The Morgan fingerprint density at radius 3 is 2.95 bits per heavy atom. The van der Waals surface area contributed by atoms with Crippen molar-refractivity contribution in [1.82, 2.24) is 9.88 Å². The van der Waals surface area contributed by atoms with Gasteiger partial charge in [0.2, 0.25) is 0 Å². The van der Waals surface area contributed by atoms with Crippen LogP contribution < -0.4 is 11.1 Å². The molecule has 5 nitrogen and oxygen atoms in total. The van der Waals surface area contributed by atoms with Crippen LogP contribution in [-0.2, 0) is 4.74 Å². The van der Waals surface area contributed by atoms with E-state index in [1.165, 1.54) is 0 Å². The lowest BCUT2D eigenvalue weighted by Crippen LogP contribution is -2.27. The fourth-order valence-electron chi connectivity index (χ4n) is 2.12. The summed E-state index contributed by atoms with van der Waals surface area (Å²) in [7, 11) is 0. The van der Waals surface area contributed by atoms with Crippen LogP contribution in [0.2, 0.25) is 0 Å². The second kappa shape index (κ2) is 6.79. The molecule has 1 aromatic heterocycles. The fraction of sp³-hybridized carbons (Fsp3) is 0.667. The predicted octanol–water partition coefficient (Wildman–Crippen LogP) is 2.20. The van der Waals surface area contributed by atoms with Crippen LogP contribution in [0.4, 0.5) is 5.69 Å². The van der Waals surface area contributed by atoms with E-state index in [9.17, 15) is 4.79 Å². The molecule has 1 aliphatic rings. The van der Waals surface area contributed by atoms with Gasteiger partial charge in [-0.05, 0) is 31.2 Å². The number of carbonyl (C=O) groups is 1. The lowest BCUT2D eigenvalue weighted by atomic mass is 10.2. The normalized spacial score (nSPS) is 14.8. The highest BCUT2D eigenvalue weighted by atomic mass is 16.5. The number of nitrogen functional groups attached to an aromatic ring is 1. The Morgan fingerprint density at radius 2 is 2.30 bits per heavy atom. The number of ether oxygens (including phenoxy) is 1. The average molecular weight is 279 g/mol. The second-order valence-corrected chi connectivity index (χ2v) is 5.88. The molecule has 1 fully saturated rings. The fourth-order valence-corrected chi connectivity index (χ4v) is 2.12. The molecule has 0 saturated heterocycles. The molecule has 0 aromatic carbocycles. The van der Waals surface area contributed by atoms with Crippen molar-refractivity contribution in [2.24, 2.45) is 5.92 Å². The molecule has 1 heterocycles. The highest BCUT2D eigenvalue weighted by Crippen LogP contribution is 2.37. The minimum atomic E-state index is -0.0440. The predicted molar refractivity (Wildman–Crippen MR) is 79.7 cm³/mol. The summed E-state index contributed by atoms with van der Waals surface area (Å²) < 4.78 is 7.48. The van der Waals surface area contributed by atoms with E-state index in [1.807, 2.05) is 10.8 Å². The molecule has 0 bridgehead atoms. The van der Waals surface area contributed by atoms with Gasteiger partial charge in [0.05, 0.1) is 5.69 Å². The summed E-state index contributed by atoms with van der Waals surface area (Å²) in [5.41, 5.74) is 7.11. The molecule has 1 aliphatic carbocycles. The SMILES string of the molecule is CC(C)COCCCNC(=O)c1cc(N)cn1C1CC1. The van der Waals surface area contributed by atoms with Crippen molar-refractivity contribution in [2.75, 3.05) is 25.5 Å². The Labute approximate surface area is 120 Å². The minimum absolute atomic E-state index is 0.0440. The van der Waals surface area contributed by atoms with Gasteiger partial charge in [-0.25, -0.2) is 0 Å². The Bertz CT molecular complexity index is 450. The molecule has 0 aliphatic heterocycles. The number of nitrogens with one attached hydrogen (secondary N) is 1. The first kappa shape index (κ1) is 14.9. The van der Waals surface area contributed by atoms with Crippen molar-refractivity contribution in [3.05, 3.63) is 18.0 Å². The van der Waals surface area contributed by atoms with Gasteiger partial charge >= 0.3 is 0 Å². The van der Waals surface area contributed by atoms with E-state index in [-0.39, 0.29) is 5.91 Å².